The van der Waals surface area contributed by atoms with Gasteiger partial charge in [0.2, 0.25) is 0 Å². The van der Waals surface area contributed by atoms with Gasteiger partial charge in [0.25, 0.3) is 0 Å². The maximum atomic E-state index is 11.3. The minimum atomic E-state index is -1.05. The SMILES string of the molecule is COC(=O)CCC#CCC(C(=O)OC)C(=O)OC. The molecule has 0 aromatic rings. The molecule has 6 heteroatoms. The van der Waals surface area contributed by atoms with Crippen molar-refractivity contribution in [3.05, 3.63) is 0 Å². The van der Waals surface area contributed by atoms with Gasteiger partial charge in [-0.3, -0.25) is 14.4 Å². The van der Waals surface area contributed by atoms with Crippen LogP contribution in [0, 0.1) is 17.8 Å². The first kappa shape index (κ1) is 16.0. The smallest absolute Gasteiger partial charge is 0.321 e. The number of ether oxygens (including phenoxy) is 3. The first-order valence-corrected chi connectivity index (χ1v) is 5.25. The fourth-order valence-electron chi connectivity index (χ4n) is 1.08. The van der Waals surface area contributed by atoms with Crippen molar-refractivity contribution in [2.24, 2.45) is 5.92 Å². The van der Waals surface area contributed by atoms with Gasteiger partial charge < -0.3 is 14.2 Å². The third-order valence-electron chi connectivity index (χ3n) is 2.08. The monoisotopic (exact) mass is 256 g/mol. The highest BCUT2D eigenvalue weighted by Crippen LogP contribution is 2.07. The second kappa shape index (κ2) is 9.05. The molecule has 0 aliphatic rings. The van der Waals surface area contributed by atoms with Gasteiger partial charge in [-0.2, -0.15) is 0 Å². The summed E-state index contributed by atoms with van der Waals surface area (Å²) < 4.78 is 13.4. The van der Waals surface area contributed by atoms with Crippen molar-refractivity contribution in [2.45, 2.75) is 19.3 Å². The van der Waals surface area contributed by atoms with E-state index in [1.54, 1.807) is 0 Å². The molecule has 0 fully saturated rings. The van der Waals surface area contributed by atoms with Crippen LogP contribution >= 0.6 is 0 Å². The van der Waals surface area contributed by atoms with E-state index in [1.807, 2.05) is 0 Å². The number of esters is 3. The molecule has 0 spiro atoms. The van der Waals surface area contributed by atoms with Crippen LogP contribution in [-0.2, 0) is 28.6 Å². The summed E-state index contributed by atoms with van der Waals surface area (Å²) >= 11 is 0. The van der Waals surface area contributed by atoms with Crippen molar-refractivity contribution in [1.29, 1.82) is 0 Å². The molecular formula is C12H16O6. The third-order valence-corrected chi connectivity index (χ3v) is 2.08. The highest BCUT2D eigenvalue weighted by Gasteiger charge is 2.27. The van der Waals surface area contributed by atoms with E-state index in [9.17, 15) is 14.4 Å². The van der Waals surface area contributed by atoms with E-state index in [0.717, 1.165) is 0 Å². The van der Waals surface area contributed by atoms with Gasteiger partial charge in [-0.1, -0.05) is 0 Å². The lowest BCUT2D eigenvalue weighted by atomic mass is 10.1. The molecule has 0 atom stereocenters. The number of carbonyl (C=O) groups excluding carboxylic acids is 3. The minimum Gasteiger partial charge on any atom is -0.469 e. The van der Waals surface area contributed by atoms with Gasteiger partial charge in [-0.25, -0.2) is 0 Å². The van der Waals surface area contributed by atoms with Crippen molar-refractivity contribution in [2.75, 3.05) is 21.3 Å². The lowest BCUT2D eigenvalue weighted by molar-refractivity contribution is -0.158. The molecule has 0 saturated heterocycles. The second-order valence-electron chi connectivity index (χ2n) is 3.23. The molecule has 0 rings (SSSR count). The fraction of sp³-hybridized carbons (Fsp3) is 0.583. The predicted molar refractivity (Wildman–Crippen MR) is 61.2 cm³/mol. The molecule has 0 aliphatic carbocycles. The van der Waals surface area contributed by atoms with Gasteiger partial charge in [0, 0.05) is 12.8 Å². The van der Waals surface area contributed by atoms with Crippen LogP contribution in [-0.4, -0.2) is 39.2 Å². The fourth-order valence-corrected chi connectivity index (χ4v) is 1.08. The minimum absolute atomic E-state index is 0.000515. The van der Waals surface area contributed by atoms with Gasteiger partial charge in [0.15, 0.2) is 5.92 Å². The molecule has 0 bridgehead atoms. The maximum absolute atomic E-state index is 11.3. The summed E-state index contributed by atoms with van der Waals surface area (Å²) in [7, 11) is 3.66. The Bertz CT molecular complexity index is 346. The Labute approximate surface area is 106 Å². The van der Waals surface area contributed by atoms with Crippen LogP contribution in [0.4, 0.5) is 0 Å². The average Bonchev–Trinajstić information content (AvgIpc) is 2.40. The van der Waals surface area contributed by atoms with Gasteiger partial charge >= 0.3 is 17.9 Å². The largest absolute Gasteiger partial charge is 0.469 e. The van der Waals surface area contributed by atoms with Crippen LogP contribution < -0.4 is 0 Å². The normalized spacial score (nSPS) is 9.11. The Balaban J connectivity index is 4.27. The molecule has 0 saturated carbocycles. The highest BCUT2D eigenvalue weighted by atomic mass is 16.5. The van der Waals surface area contributed by atoms with Crippen molar-refractivity contribution in [1.82, 2.24) is 0 Å². The summed E-state index contributed by atoms with van der Waals surface area (Å²) in [5.74, 6) is 2.52. The second-order valence-corrected chi connectivity index (χ2v) is 3.23. The zero-order chi connectivity index (χ0) is 14.0. The molecule has 18 heavy (non-hydrogen) atoms. The van der Waals surface area contributed by atoms with Crippen molar-refractivity contribution >= 4 is 17.9 Å². The van der Waals surface area contributed by atoms with E-state index in [2.05, 4.69) is 26.1 Å². The van der Waals surface area contributed by atoms with Crippen LogP contribution in [0.25, 0.3) is 0 Å². The molecule has 6 nitrogen and oxygen atoms in total. The first-order chi connectivity index (χ1) is 8.56. The standard InChI is InChI=1S/C12H16O6/c1-16-10(13)8-6-4-5-7-9(11(14)17-2)12(15)18-3/h9H,6-8H2,1-3H3. The Hall–Kier alpha value is -2.03. The van der Waals surface area contributed by atoms with E-state index in [4.69, 9.17) is 0 Å². The van der Waals surface area contributed by atoms with Crippen LogP contribution in [0.15, 0.2) is 0 Å². The number of hydrogen-bond donors (Lipinski definition) is 0. The molecule has 0 radical (unpaired) electrons. The third kappa shape index (κ3) is 5.89. The average molecular weight is 256 g/mol. The number of methoxy groups -OCH3 is 3. The van der Waals surface area contributed by atoms with Gasteiger partial charge in [-0.05, 0) is 0 Å². The molecule has 0 aromatic heterocycles. The zero-order valence-corrected chi connectivity index (χ0v) is 10.6. The van der Waals surface area contributed by atoms with E-state index in [0.29, 0.717) is 6.42 Å². The van der Waals surface area contributed by atoms with Crippen LogP contribution in [0.3, 0.4) is 0 Å². The highest BCUT2D eigenvalue weighted by molar-refractivity contribution is 5.95. The van der Waals surface area contributed by atoms with E-state index in [1.165, 1.54) is 21.3 Å². The Kier molecular flexibility index (Phi) is 8.03. The predicted octanol–water partition coefficient (Wildman–Crippen LogP) is 0.295. The van der Waals surface area contributed by atoms with Gasteiger partial charge in [0.1, 0.15) is 0 Å². The van der Waals surface area contributed by atoms with Crippen LogP contribution in [0.5, 0.6) is 0 Å². The molecule has 100 valence electrons. The van der Waals surface area contributed by atoms with Crippen molar-refractivity contribution in [3.63, 3.8) is 0 Å². The summed E-state index contributed by atoms with van der Waals surface area (Å²) in [6, 6.07) is 0. The molecule has 0 heterocycles. The maximum Gasteiger partial charge on any atom is 0.321 e. The molecular weight excluding hydrogens is 240 g/mol. The summed E-state index contributed by atoms with van der Waals surface area (Å²) in [6.07, 6.45) is 0.479. The van der Waals surface area contributed by atoms with Crippen LogP contribution in [0.1, 0.15) is 19.3 Å². The van der Waals surface area contributed by atoms with Gasteiger partial charge in [0.05, 0.1) is 27.8 Å². The van der Waals surface area contributed by atoms with E-state index < -0.39 is 17.9 Å². The molecule has 0 N–H and O–H groups in total. The summed E-state index contributed by atoms with van der Waals surface area (Å²) in [4.78, 5) is 33.3. The Morgan fingerprint density at radius 2 is 1.50 bits per heavy atom. The van der Waals surface area contributed by atoms with E-state index >= 15 is 0 Å². The van der Waals surface area contributed by atoms with Crippen LogP contribution in [0.2, 0.25) is 0 Å². The Morgan fingerprint density at radius 1 is 0.944 bits per heavy atom. The lowest BCUT2D eigenvalue weighted by Crippen LogP contribution is -2.26. The molecule has 0 amide bonds. The molecule has 0 aromatic carbocycles. The Morgan fingerprint density at radius 3 is 1.94 bits per heavy atom. The van der Waals surface area contributed by atoms with Crippen molar-refractivity contribution < 1.29 is 28.6 Å². The molecule has 0 unspecified atom stereocenters. The number of hydrogen-bond acceptors (Lipinski definition) is 6. The summed E-state index contributed by atoms with van der Waals surface area (Å²) in [5.41, 5.74) is 0. The van der Waals surface area contributed by atoms with Gasteiger partial charge in [-0.15, -0.1) is 11.8 Å². The van der Waals surface area contributed by atoms with E-state index in [-0.39, 0.29) is 18.8 Å². The summed E-state index contributed by atoms with van der Waals surface area (Å²) in [6.45, 7) is 0. The quantitative estimate of drug-likeness (QED) is 0.304. The topological polar surface area (TPSA) is 78.9 Å². The molecule has 0 aliphatic heterocycles. The number of rotatable bonds is 5. The van der Waals surface area contributed by atoms with Crippen molar-refractivity contribution in [3.8, 4) is 11.8 Å². The zero-order valence-electron chi connectivity index (χ0n) is 10.6. The number of carbonyl (C=O) groups is 3. The first-order valence-electron chi connectivity index (χ1n) is 5.25. The summed E-state index contributed by atoms with van der Waals surface area (Å²) in [5, 5.41) is 0. The lowest BCUT2D eigenvalue weighted by Gasteiger charge is -2.08.